The van der Waals surface area contributed by atoms with E-state index in [0.717, 1.165) is 5.92 Å². The van der Waals surface area contributed by atoms with Crippen LogP contribution in [0.4, 0.5) is 0 Å². The number of hydrogen-bond acceptors (Lipinski definition) is 1. The summed E-state index contributed by atoms with van der Waals surface area (Å²) in [5.74, 6) is 2.02. The molecule has 92 valence electrons. The van der Waals surface area contributed by atoms with Crippen LogP contribution in [0.5, 0.6) is 0 Å². The molecule has 0 N–H and O–H groups in total. The van der Waals surface area contributed by atoms with Crippen molar-refractivity contribution < 1.29 is 4.74 Å². The second-order valence-electron chi connectivity index (χ2n) is 6.15. The summed E-state index contributed by atoms with van der Waals surface area (Å²) >= 11 is 0. The lowest BCUT2D eigenvalue weighted by Gasteiger charge is -2.43. The van der Waals surface area contributed by atoms with E-state index >= 15 is 0 Å². The lowest BCUT2D eigenvalue weighted by Crippen LogP contribution is -2.42. The second kappa shape index (κ2) is 4.91. The summed E-state index contributed by atoms with van der Waals surface area (Å²) in [6, 6.07) is 0. The highest BCUT2D eigenvalue weighted by Gasteiger charge is 2.37. The number of allylic oxidation sites excluding steroid dienone is 1. The largest absolute Gasteiger partial charge is 0.374 e. The summed E-state index contributed by atoms with van der Waals surface area (Å²) in [6.07, 6.45) is 8.60. The van der Waals surface area contributed by atoms with Crippen molar-refractivity contribution >= 4 is 0 Å². The van der Waals surface area contributed by atoms with Gasteiger partial charge in [-0.25, -0.2) is 0 Å². The Hall–Kier alpha value is -0.300. The quantitative estimate of drug-likeness (QED) is 0.637. The zero-order valence-electron chi connectivity index (χ0n) is 11.2. The summed E-state index contributed by atoms with van der Waals surface area (Å²) in [4.78, 5) is 0. The van der Waals surface area contributed by atoms with Gasteiger partial charge in [0.05, 0.1) is 12.2 Å². The average molecular weight is 222 g/mol. The van der Waals surface area contributed by atoms with Gasteiger partial charge in [-0.15, -0.1) is 0 Å². The maximum atomic E-state index is 6.34. The maximum absolute atomic E-state index is 6.34. The predicted octanol–water partition coefficient (Wildman–Crippen LogP) is 4.18. The van der Waals surface area contributed by atoms with E-state index in [4.69, 9.17) is 4.74 Å². The van der Waals surface area contributed by atoms with Crippen LogP contribution in [-0.4, -0.2) is 12.2 Å². The van der Waals surface area contributed by atoms with Crippen molar-refractivity contribution in [3.05, 3.63) is 11.6 Å². The maximum Gasteiger partial charge on any atom is 0.0667 e. The fraction of sp³-hybridized carbons (Fsp3) is 0.867. The van der Waals surface area contributed by atoms with Gasteiger partial charge in [0.15, 0.2) is 0 Å². The first-order chi connectivity index (χ1) is 7.59. The van der Waals surface area contributed by atoms with Crippen molar-refractivity contribution in [3.63, 3.8) is 0 Å². The molecule has 1 saturated heterocycles. The number of hydrogen-bond donors (Lipinski definition) is 0. The molecule has 0 aromatic heterocycles. The fourth-order valence-corrected chi connectivity index (χ4v) is 3.16. The van der Waals surface area contributed by atoms with Gasteiger partial charge in [0.25, 0.3) is 0 Å². The van der Waals surface area contributed by atoms with E-state index in [1.54, 1.807) is 5.57 Å². The molecule has 1 aliphatic heterocycles. The number of rotatable bonds is 2. The van der Waals surface area contributed by atoms with E-state index in [2.05, 4.69) is 33.8 Å². The van der Waals surface area contributed by atoms with E-state index in [-0.39, 0.29) is 0 Å². The zero-order valence-corrected chi connectivity index (χ0v) is 11.2. The average Bonchev–Trinajstić information content (AvgIpc) is 2.27. The zero-order chi connectivity index (χ0) is 11.7. The van der Waals surface area contributed by atoms with E-state index in [0.29, 0.717) is 24.0 Å². The molecular weight excluding hydrogens is 196 g/mol. The molecule has 1 fully saturated rings. The van der Waals surface area contributed by atoms with Crippen LogP contribution < -0.4 is 0 Å². The highest BCUT2D eigenvalue weighted by Crippen LogP contribution is 2.41. The SMILES string of the molecule is CC(C)[C@H]1O[C@@H](C(C)C)CC2=CCCC[C@@H]21. The molecule has 0 amide bonds. The third-order valence-corrected chi connectivity index (χ3v) is 4.17. The molecular formula is C15H26O. The minimum atomic E-state index is 0.452. The van der Waals surface area contributed by atoms with E-state index in [1.165, 1.54) is 25.7 Å². The molecule has 1 aliphatic carbocycles. The van der Waals surface area contributed by atoms with Gasteiger partial charge in [0.1, 0.15) is 0 Å². The molecule has 1 heterocycles. The van der Waals surface area contributed by atoms with Gasteiger partial charge in [0, 0.05) is 5.92 Å². The van der Waals surface area contributed by atoms with Gasteiger partial charge in [0.2, 0.25) is 0 Å². The van der Waals surface area contributed by atoms with E-state index in [9.17, 15) is 0 Å². The lowest BCUT2D eigenvalue weighted by molar-refractivity contribution is -0.102. The predicted molar refractivity (Wildman–Crippen MR) is 68.4 cm³/mol. The van der Waals surface area contributed by atoms with Gasteiger partial charge in [-0.1, -0.05) is 39.3 Å². The first kappa shape index (κ1) is 12.2. The molecule has 0 saturated carbocycles. The minimum absolute atomic E-state index is 0.452. The lowest BCUT2D eigenvalue weighted by atomic mass is 9.74. The van der Waals surface area contributed by atoms with Crippen LogP contribution in [0.1, 0.15) is 53.4 Å². The van der Waals surface area contributed by atoms with Crippen LogP contribution >= 0.6 is 0 Å². The van der Waals surface area contributed by atoms with Crippen molar-refractivity contribution in [2.75, 3.05) is 0 Å². The Morgan fingerprint density at radius 1 is 1.19 bits per heavy atom. The van der Waals surface area contributed by atoms with Crippen LogP contribution in [0.25, 0.3) is 0 Å². The summed E-state index contributed by atoms with van der Waals surface area (Å²) in [6.45, 7) is 9.18. The Bertz CT molecular complexity index is 265. The molecule has 0 radical (unpaired) electrons. The number of ether oxygens (including phenoxy) is 1. The third-order valence-electron chi connectivity index (χ3n) is 4.17. The van der Waals surface area contributed by atoms with Crippen molar-refractivity contribution in [1.82, 2.24) is 0 Å². The van der Waals surface area contributed by atoms with Crippen LogP contribution in [0, 0.1) is 17.8 Å². The molecule has 1 nitrogen and oxygen atoms in total. The van der Waals surface area contributed by atoms with Crippen molar-refractivity contribution in [3.8, 4) is 0 Å². The highest BCUT2D eigenvalue weighted by atomic mass is 16.5. The first-order valence-corrected chi connectivity index (χ1v) is 6.94. The molecule has 3 atom stereocenters. The van der Waals surface area contributed by atoms with Crippen molar-refractivity contribution in [2.45, 2.75) is 65.6 Å². The van der Waals surface area contributed by atoms with Gasteiger partial charge in [-0.3, -0.25) is 0 Å². The van der Waals surface area contributed by atoms with Gasteiger partial charge >= 0.3 is 0 Å². The Morgan fingerprint density at radius 2 is 1.94 bits per heavy atom. The third kappa shape index (κ3) is 2.34. The first-order valence-electron chi connectivity index (χ1n) is 6.94. The van der Waals surface area contributed by atoms with Gasteiger partial charge in [-0.05, 0) is 37.5 Å². The molecule has 0 aromatic carbocycles. The Morgan fingerprint density at radius 3 is 2.56 bits per heavy atom. The monoisotopic (exact) mass is 222 g/mol. The number of fused-ring (bicyclic) bond motifs is 1. The summed E-state index contributed by atoms with van der Waals surface area (Å²) in [5.41, 5.74) is 1.70. The Balaban J connectivity index is 2.17. The van der Waals surface area contributed by atoms with Crippen molar-refractivity contribution in [2.24, 2.45) is 17.8 Å². The highest BCUT2D eigenvalue weighted by molar-refractivity contribution is 5.16. The minimum Gasteiger partial charge on any atom is -0.374 e. The second-order valence-corrected chi connectivity index (χ2v) is 6.15. The Kier molecular flexibility index (Phi) is 3.73. The standard InChI is InChI=1S/C15H26O/c1-10(2)14-9-12-7-5-6-8-13(12)15(16-14)11(3)4/h7,10-11,13-15H,5-6,8-9H2,1-4H3/t13-,14+,15+/m0/s1. The molecule has 0 aromatic rings. The van der Waals surface area contributed by atoms with Gasteiger partial charge < -0.3 is 4.74 Å². The topological polar surface area (TPSA) is 9.23 Å². The van der Waals surface area contributed by atoms with Crippen molar-refractivity contribution in [1.29, 1.82) is 0 Å². The molecule has 0 unspecified atom stereocenters. The van der Waals surface area contributed by atoms with Crippen LogP contribution in [0.2, 0.25) is 0 Å². The smallest absolute Gasteiger partial charge is 0.0667 e. The molecule has 2 rings (SSSR count). The normalized spacial score (nSPS) is 35.1. The molecule has 16 heavy (non-hydrogen) atoms. The van der Waals surface area contributed by atoms with E-state index < -0.39 is 0 Å². The van der Waals surface area contributed by atoms with Crippen LogP contribution in [-0.2, 0) is 4.74 Å². The van der Waals surface area contributed by atoms with Gasteiger partial charge in [-0.2, -0.15) is 0 Å². The van der Waals surface area contributed by atoms with E-state index in [1.807, 2.05) is 0 Å². The molecule has 0 bridgehead atoms. The Labute approximate surface area is 100 Å². The van der Waals surface area contributed by atoms with Crippen LogP contribution in [0.3, 0.4) is 0 Å². The summed E-state index contributed by atoms with van der Waals surface area (Å²) in [7, 11) is 0. The molecule has 2 aliphatic rings. The summed E-state index contributed by atoms with van der Waals surface area (Å²) < 4.78 is 6.34. The molecule has 1 heteroatoms. The molecule has 0 spiro atoms. The van der Waals surface area contributed by atoms with Crippen LogP contribution in [0.15, 0.2) is 11.6 Å². The summed E-state index contributed by atoms with van der Waals surface area (Å²) in [5, 5.41) is 0. The fourth-order valence-electron chi connectivity index (χ4n) is 3.16.